The highest BCUT2D eigenvalue weighted by atomic mass is 32.2. The van der Waals surface area contributed by atoms with E-state index >= 15 is 0 Å². The van der Waals surface area contributed by atoms with Crippen LogP contribution in [-0.4, -0.2) is 33.0 Å². The maximum absolute atomic E-state index is 12.8. The van der Waals surface area contributed by atoms with Crippen LogP contribution in [-0.2, 0) is 10.0 Å². The van der Waals surface area contributed by atoms with Gasteiger partial charge in [0, 0.05) is 12.2 Å². The predicted octanol–water partition coefficient (Wildman–Crippen LogP) is 5.32. The molecule has 1 aliphatic heterocycles. The lowest BCUT2D eigenvalue weighted by atomic mass is 10.0. The molecular weight excluding hydrogens is 404 g/mol. The second kappa shape index (κ2) is 9.25. The summed E-state index contributed by atoms with van der Waals surface area (Å²) in [5.41, 5.74) is 4.14. The number of rotatable bonds is 7. The first-order chi connectivity index (χ1) is 14.9. The number of nitrogens with one attached hydrogen (secondary N) is 1. The Labute approximate surface area is 185 Å². The summed E-state index contributed by atoms with van der Waals surface area (Å²) in [5, 5.41) is 1.93. The van der Waals surface area contributed by atoms with Gasteiger partial charge >= 0.3 is 0 Å². The molecule has 0 atom stereocenters. The molecule has 1 saturated heterocycles. The molecule has 4 rings (SSSR count). The van der Waals surface area contributed by atoms with Crippen LogP contribution in [0.2, 0.25) is 0 Å². The van der Waals surface area contributed by atoms with Gasteiger partial charge in [0.1, 0.15) is 0 Å². The number of nitrogens with zero attached hydrogens (tertiary/aromatic N) is 1. The molecule has 0 saturated carbocycles. The fraction of sp³-hybridized carbons (Fsp3) is 0.308. The molecule has 0 aromatic heterocycles. The van der Waals surface area contributed by atoms with Crippen molar-refractivity contribution in [2.75, 3.05) is 19.6 Å². The molecule has 0 spiro atoms. The van der Waals surface area contributed by atoms with Gasteiger partial charge in [0.05, 0.1) is 4.90 Å². The van der Waals surface area contributed by atoms with Crippen LogP contribution in [0.4, 0.5) is 0 Å². The monoisotopic (exact) mass is 434 g/mol. The van der Waals surface area contributed by atoms with Crippen LogP contribution >= 0.6 is 0 Å². The normalized spacial score (nSPS) is 19.4. The van der Waals surface area contributed by atoms with Crippen molar-refractivity contribution in [1.29, 1.82) is 0 Å². The molecule has 4 nitrogen and oxygen atoms in total. The highest BCUT2D eigenvalue weighted by Gasteiger charge is 2.18. The fourth-order valence-corrected chi connectivity index (χ4v) is 5.40. The summed E-state index contributed by atoms with van der Waals surface area (Å²) in [4.78, 5) is 2.78. The summed E-state index contributed by atoms with van der Waals surface area (Å²) in [7, 11) is -3.63. The van der Waals surface area contributed by atoms with Crippen LogP contribution in [0.15, 0.2) is 94.6 Å². The topological polar surface area (TPSA) is 49.4 Å². The maximum Gasteiger partial charge on any atom is 0.261 e. The predicted molar refractivity (Wildman–Crippen MR) is 128 cm³/mol. The van der Waals surface area contributed by atoms with E-state index in [1.54, 1.807) is 19.1 Å². The van der Waals surface area contributed by atoms with E-state index in [0.29, 0.717) is 5.70 Å². The van der Waals surface area contributed by atoms with Crippen LogP contribution in [0.3, 0.4) is 0 Å². The maximum atomic E-state index is 12.8. The Kier molecular flexibility index (Phi) is 6.44. The average molecular weight is 435 g/mol. The summed E-state index contributed by atoms with van der Waals surface area (Å²) in [6.45, 7) is 9.56. The molecule has 0 bridgehead atoms. The number of likely N-dealkylation sites (tertiary alicyclic amines) is 1. The third kappa shape index (κ3) is 5.17. The molecule has 0 amide bonds. The zero-order valence-electron chi connectivity index (χ0n) is 18.1. The van der Waals surface area contributed by atoms with E-state index < -0.39 is 10.0 Å². The van der Waals surface area contributed by atoms with Gasteiger partial charge in [-0.25, -0.2) is 8.42 Å². The summed E-state index contributed by atoms with van der Waals surface area (Å²) in [5.74, 6) is 0. The van der Waals surface area contributed by atoms with Gasteiger partial charge in [-0.05, 0) is 91.4 Å². The molecule has 0 unspecified atom stereocenters. The third-order valence-corrected chi connectivity index (χ3v) is 7.57. The minimum Gasteiger partial charge on any atom is -0.303 e. The highest BCUT2D eigenvalue weighted by molar-refractivity contribution is 7.89. The first-order valence-electron chi connectivity index (χ1n) is 10.9. The standard InChI is InChI=1S/C26H30N2O2S/c1-20(27-31(29,30)26-14-13-24-7-3-4-8-25(24)19-26)9-10-22-11-12-23(21(22)2)15-18-28-16-5-6-17-28/h3-4,7-10,12-14,19,27H,2,5-6,11,15-18H2,1H3/b20-9+,22-10-. The Morgan fingerprint density at radius 2 is 1.87 bits per heavy atom. The van der Waals surface area contributed by atoms with Crippen LogP contribution in [0, 0.1) is 0 Å². The van der Waals surface area contributed by atoms with Gasteiger partial charge in [-0.1, -0.05) is 49.1 Å². The smallest absolute Gasteiger partial charge is 0.261 e. The Bertz CT molecular complexity index is 1180. The second-order valence-electron chi connectivity index (χ2n) is 8.37. The van der Waals surface area contributed by atoms with E-state index in [1.165, 1.54) is 31.5 Å². The van der Waals surface area contributed by atoms with Crippen LogP contribution < -0.4 is 4.72 Å². The summed E-state index contributed by atoms with van der Waals surface area (Å²) < 4.78 is 28.3. The highest BCUT2D eigenvalue weighted by Crippen LogP contribution is 2.32. The number of sulfonamides is 1. The van der Waals surface area contributed by atoms with E-state index in [9.17, 15) is 8.42 Å². The van der Waals surface area contributed by atoms with Gasteiger partial charge < -0.3 is 4.90 Å². The number of hydrogen-bond donors (Lipinski definition) is 1. The van der Waals surface area contributed by atoms with E-state index in [-0.39, 0.29) is 4.90 Å². The molecule has 0 radical (unpaired) electrons. The summed E-state index contributed by atoms with van der Waals surface area (Å²) in [6, 6.07) is 12.9. The largest absolute Gasteiger partial charge is 0.303 e. The fourth-order valence-electron chi connectivity index (χ4n) is 4.26. The Hall–Kier alpha value is -2.63. The number of benzene rings is 2. The van der Waals surface area contributed by atoms with Gasteiger partial charge in [0.2, 0.25) is 0 Å². The molecule has 1 aliphatic carbocycles. The molecule has 1 heterocycles. The second-order valence-corrected chi connectivity index (χ2v) is 10.0. The third-order valence-electron chi connectivity index (χ3n) is 6.10. The van der Waals surface area contributed by atoms with Crippen LogP contribution in [0.5, 0.6) is 0 Å². The molecule has 5 heteroatoms. The molecule has 1 fully saturated rings. The van der Waals surface area contributed by atoms with E-state index in [0.717, 1.165) is 41.3 Å². The Morgan fingerprint density at radius 3 is 2.65 bits per heavy atom. The van der Waals surface area contributed by atoms with Crippen molar-refractivity contribution in [2.45, 2.75) is 37.5 Å². The molecule has 2 aromatic rings. The van der Waals surface area contributed by atoms with E-state index in [4.69, 9.17) is 0 Å². The van der Waals surface area contributed by atoms with Crippen molar-refractivity contribution in [2.24, 2.45) is 0 Å². The summed E-state index contributed by atoms with van der Waals surface area (Å²) >= 11 is 0. The van der Waals surface area contributed by atoms with Gasteiger partial charge in [0.15, 0.2) is 0 Å². The molecule has 2 aliphatic rings. The van der Waals surface area contributed by atoms with Crippen molar-refractivity contribution < 1.29 is 8.42 Å². The van der Waals surface area contributed by atoms with Gasteiger partial charge in [-0.3, -0.25) is 4.72 Å². The Morgan fingerprint density at radius 1 is 1.13 bits per heavy atom. The first-order valence-corrected chi connectivity index (χ1v) is 12.4. The van der Waals surface area contributed by atoms with Crippen molar-refractivity contribution >= 4 is 20.8 Å². The number of fused-ring (bicyclic) bond motifs is 1. The van der Waals surface area contributed by atoms with Crippen molar-refractivity contribution in [1.82, 2.24) is 9.62 Å². The first kappa shape index (κ1) is 21.6. The molecular formula is C26H30N2O2S. The van der Waals surface area contributed by atoms with Crippen LogP contribution in [0.25, 0.3) is 10.8 Å². The lowest BCUT2D eigenvalue weighted by Gasteiger charge is -2.15. The zero-order valence-corrected chi connectivity index (χ0v) is 18.9. The quantitative estimate of drug-likeness (QED) is 0.642. The van der Waals surface area contributed by atoms with Gasteiger partial charge in [-0.2, -0.15) is 0 Å². The Balaban J connectivity index is 1.39. The van der Waals surface area contributed by atoms with Crippen molar-refractivity contribution in [3.05, 3.63) is 89.7 Å². The van der Waals surface area contributed by atoms with Crippen molar-refractivity contribution in [3.8, 4) is 0 Å². The lowest BCUT2D eigenvalue weighted by molar-refractivity contribution is 0.344. The van der Waals surface area contributed by atoms with Crippen LogP contribution in [0.1, 0.15) is 32.6 Å². The van der Waals surface area contributed by atoms with Gasteiger partial charge in [-0.15, -0.1) is 0 Å². The van der Waals surface area contributed by atoms with Crippen molar-refractivity contribution in [3.63, 3.8) is 0 Å². The minimum absolute atomic E-state index is 0.266. The number of allylic oxidation sites excluding steroid dienone is 6. The molecule has 1 N–H and O–H groups in total. The summed E-state index contributed by atoms with van der Waals surface area (Å²) in [6.07, 6.45) is 10.6. The average Bonchev–Trinajstić information content (AvgIpc) is 3.40. The minimum atomic E-state index is -3.63. The SMILES string of the molecule is C=C1C(CCN2CCCC2)=CC/C1=C/C=C(\C)NS(=O)(=O)c1ccc2ccccc2c1. The zero-order chi connectivity index (χ0) is 21.8. The van der Waals surface area contributed by atoms with E-state index in [2.05, 4.69) is 22.3 Å². The lowest BCUT2D eigenvalue weighted by Crippen LogP contribution is -2.21. The molecule has 2 aromatic carbocycles. The van der Waals surface area contributed by atoms with E-state index in [1.807, 2.05) is 42.5 Å². The molecule has 31 heavy (non-hydrogen) atoms. The van der Waals surface area contributed by atoms with Gasteiger partial charge in [0.25, 0.3) is 10.0 Å². The number of hydrogen-bond acceptors (Lipinski definition) is 3. The molecule has 162 valence electrons.